The maximum absolute atomic E-state index is 10.6. The maximum Gasteiger partial charge on any atom is 0.357 e. The van der Waals surface area contributed by atoms with Crippen molar-refractivity contribution >= 4 is 5.97 Å². The minimum Gasteiger partial charge on any atom is -0.464 e. The summed E-state index contributed by atoms with van der Waals surface area (Å²) in [6.45, 7) is 0. The van der Waals surface area contributed by atoms with Crippen molar-refractivity contribution in [2.45, 2.75) is 0 Å². The molecule has 9 heavy (non-hydrogen) atoms. The number of esters is 1. The normalized spacial score (nSPS) is 15.4. The zero-order valence-electron chi connectivity index (χ0n) is 4.89. The Morgan fingerprint density at radius 3 is 3.00 bits per heavy atom. The van der Waals surface area contributed by atoms with E-state index in [-0.39, 0.29) is 0 Å². The van der Waals surface area contributed by atoms with Gasteiger partial charge in [-0.05, 0) is 0 Å². The van der Waals surface area contributed by atoms with Gasteiger partial charge in [0.05, 0.1) is 7.11 Å². The molecule has 5 heteroatoms. The maximum atomic E-state index is 10.6. The van der Waals surface area contributed by atoms with Gasteiger partial charge in [-0.2, -0.15) is 5.53 Å². The summed E-state index contributed by atoms with van der Waals surface area (Å²) in [5.74, 6) is -0.396. The molecule has 50 valence electrons. The van der Waals surface area contributed by atoms with Crippen molar-refractivity contribution in [3.8, 4) is 0 Å². The lowest BCUT2D eigenvalue weighted by molar-refractivity contribution is -0.136. The Morgan fingerprint density at radius 2 is 2.56 bits per heavy atom. The fourth-order valence-corrected chi connectivity index (χ4v) is 0.468. The van der Waals surface area contributed by atoms with Gasteiger partial charge in [-0.3, -0.25) is 5.43 Å². The SMILES string of the molecule is COC(=O)C1=CNNN1. The molecule has 0 unspecified atom stereocenters. The molecular weight excluding hydrogens is 122 g/mol. The second-order valence-corrected chi connectivity index (χ2v) is 1.44. The smallest absolute Gasteiger partial charge is 0.357 e. The topological polar surface area (TPSA) is 62.4 Å². The minimum atomic E-state index is -0.396. The lowest BCUT2D eigenvalue weighted by atomic mass is 10.5. The Morgan fingerprint density at radius 1 is 1.78 bits per heavy atom. The molecule has 3 N–H and O–H groups in total. The van der Waals surface area contributed by atoms with Gasteiger partial charge in [-0.25, -0.2) is 4.79 Å². The predicted octanol–water partition coefficient (Wildman–Crippen LogP) is -1.39. The van der Waals surface area contributed by atoms with E-state index in [0.717, 1.165) is 0 Å². The molecule has 0 aromatic rings. The largest absolute Gasteiger partial charge is 0.464 e. The molecule has 1 aliphatic heterocycles. The molecule has 0 aromatic carbocycles. The van der Waals surface area contributed by atoms with Crippen LogP contribution in [0.3, 0.4) is 0 Å². The van der Waals surface area contributed by atoms with E-state index in [1.165, 1.54) is 13.3 Å². The number of carbonyl (C=O) groups excluding carboxylic acids is 1. The average molecular weight is 129 g/mol. The van der Waals surface area contributed by atoms with Crippen LogP contribution in [0.5, 0.6) is 0 Å². The highest BCUT2D eigenvalue weighted by Crippen LogP contribution is 1.90. The van der Waals surface area contributed by atoms with E-state index in [0.29, 0.717) is 5.70 Å². The van der Waals surface area contributed by atoms with Crippen molar-refractivity contribution in [3.05, 3.63) is 11.9 Å². The summed E-state index contributed by atoms with van der Waals surface area (Å²) in [5.41, 5.74) is 7.96. The van der Waals surface area contributed by atoms with Crippen molar-refractivity contribution in [1.82, 2.24) is 16.4 Å². The van der Waals surface area contributed by atoms with Crippen molar-refractivity contribution in [2.24, 2.45) is 0 Å². The van der Waals surface area contributed by atoms with E-state index in [1.54, 1.807) is 0 Å². The molecule has 0 amide bonds. The summed E-state index contributed by atoms with van der Waals surface area (Å²) >= 11 is 0. The number of rotatable bonds is 1. The summed E-state index contributed by atoms with van der Waals surface area (Å²) < 4.78 is 4.38. The molecule has 0 saturated heterocycles. The van der Waals surface area contributed by atoms with Gasteiger partial charge in [0.2, 0.25) is 0 Å². The van der Waals surface area contributed by atoms with Crippen molar-refractivity contribution < 1.29 is 9.53 Å². The molecule has 0 saturated carbocycles. The van der Waals surface area contributed by atoms with Crippen LogP contribution in [0, 0.1) is 0 Å². The second-order valence-electron chi connectivity index (χ2n) is 1.44. The Hall–Kier alpha value is -1.23. The minimum absolute atomic E-state index is 0.373. The molecule has 0 bridgehead atoms. The van der Waals surface area contributed by atoms with Gasteiger partial charge < -0.3 is 10.2 Å². The molecule has 1 rings (SSSR count). The number of nitrogens with one attached hydrogen (secondary N) is 3. The number of ether oxygens (including phenoxy) is 1. The van der Waals surface area contributed by atoms with Crippen LogP contribution in [0.4, 0.5) is 0 Å². The summed E-state index contributed by atoms with van der Waals surface area (Å²) in [4.78, 5) is 10.6. The van der Waals surface area contributed by atoms with E-state index < -0.39 is 5.97 Å². The highest BCUT2D eigenvalue weighted by atomic mass is 16.5. The van der Waals surface area contributed by atoms with Crippen LogP contribution in [0.25, 0.3) is 0 Å². The molecule has 1 heterocycles. The van der Waals surface area contributed by atoms with Crippen LogP contribution in [0.1, 0.15) is 0 Å². The fourth-order valence-electron chi connectivity index (χ4n) is 0.468. The first-order valence-electron chi connectivity index (χ1n) is 2.39. The quantitative estimate of drug-likeness (QED) is 0.381. The van der Waals surface area contributed by atoms with E-state index in [1.807, 2.05) is 0 Å². The molecule has 0 aliphatic carbocycles. The van der Waals surface area contributed by atoms with Gasteiger partial charge in [0, 0.05) is 6.20 Å². The summed E-state index contributed by atoms with van der Waals surface area (Å²) in [7, 11) is 1.32. The predicted molar refractivity (Wildman–Crippen MR) is 29.5 cm³/mol. The number of methoxy groups -OCH3 is 1. The Balaban J connectivity index is 2.51. The number of hydrazine groups is 2. The number of carbonyl (C=O) groups is 1. The van der Waals surface area contributed by atoms with Crippen LogP contribution < -0.4 is 16.4 Å². The first kappa shape index (κ1) is 5.90. The zero-order valence-corrected chi connectivity index (χ0v) is 4.89. The summed E-state index contributed by atoms with van der Waals surface area (Å²) in [5, 5.41) is 0. The lowest BCUT2D eigenvalue weighted by Gasteiger charge is -1.97. The fraction of sp³-hybridized carbons (Fsp3) is 0.250. The number of hydrogen-bond acceptors (Lipinski definition) is 5. The Labute approximate surface area is 52.0 Å². The summed E-state index contributed by atoms with van der Waals surface area (Å²) in [6, 6.07) is 0. The molecule has 0 atom stereocenters. The second kappa shape index (κ2) is 2.36. The lowest BCUT2D eigenvalue weighted by Crippen LogP contribution is -2.33. The van der Waals surface area contributed by atoms with Crippen LogP contribution in [-0.4, -0.2) is 13.1 Å². The molecule has 0 fully saturated rings. The van der Waals surface area contributed by atoms with Gasteiger partial charge in [-0.1, -0.05) is 0 Å². The van der Waals surface area contributed by atoms with Crippen LogP contribution in [0.2, 0.25) is 0 Å². The molecule has 0 aromatic heterocycles. The molecule has 1 aliphatic rings. The van der Waals surface area contributed by atoms with E-state index in [9.17, 15) is 4.79 Å². The third kappa shape index (κ3) is 1.11. The van der Waals surface area contributed by atoms with Crippen molar-refractivity contribution in [3.63, 3.8) is 0 Å². The molecule has 0 spiro atoms. The zero-order chi connectivity index (χ0) is 6.69. The Kier molecular flexibility index (Phi) is 1.55. The first-order valence-corrected chi connectivity index (χ1v) is 2.39. The van der Waals surface area contributed by atoms with E-state index in [4.69, 9.17) is 0 Å². The van der Waals surface area contributed by atoms with Gasteiger partial charge in [0.15, 0.2) is 5.70 Å². The molecule has 5 nitrogen and oxygen atoms in total. The number of hydrogen-bond donors (Lipinski definition) is 3. The standard InChI is InChI=1S/C4H7N3O2/c1-9-4(8)3-2-5-7-6-3/h2,5-7H,1H3. The van der Waals surface area contributed by atoms with E-state index in [2.05, 4.69) is 21.1 Å². The summed E-state index contributed by atoms with van der Waals surface area (Å²) in [6.07, 6.45) is 1.48. The molecular formula is C4H7N3O2. The van der Waals surface area contributed by atoms with Gasteiger partial charge in [0.25, 0.3) is 0 Å². The van der Waals surface area contributed by atoms with Crippen LogP contribution in [-0.2, 0) is 9.53 Å². The van der Waals surface area contributed by atoms with E-state index >= 15 is 0 Å². The van der Waals surface area contributed by atoms with Crippen LogP contribution >= 0.6 is 0 Å². The third-order valence-corrected chi connectivity index (χ3v) is 0.891. The van der Waals surface area contributed by atoms with Gasteiger partial charge >= 0.3 is 5.97 Å². The van der Waals surface area contributed by atoms with Gasteiger partial charge in [0.1, 0.15) is 0 Å². The third-order valence-electron chi connectivity index (χ3n) is 0.891. The average Bonchev–Trinajstić information content (AvgIpc) is 2.37. The van der Waals surface area contributed by atoms with Crippen LogP contribution in [0.15, 0.2) is 11.9 Å². The first-order chi connectivity index (χ1) is 4.34. The highest BCUT2D eigenvalue weighted by Gasteiger charge is 2.10. The van der Waals surface area contributed by atoms with Crippen molar-refractivity contribution in [2.75, 3.05) is 7.11 Å². The highest BCUT2D eigenvalue weighted by molar-refractivity contribution is 5.87. The van der Waals surface area contributed by atoms with Crippen molar-refractivity contribution in [1.29, 1.82) is 0 Å². The Bertz CT molecular complexity index is 154. The monoisotopic (exact) mass is 129 g/mol. The van der Waals surface area contributed by atoms with Gasteiger partial charge in [-0.15, -0.1) is 0 Å². The molecule has 0 radical (unpaired) electrons.